The molecule has 0 saturated heterocycles. The molecule has 0 spiro atoms. The number of fused-ring (bicyclic) bond motifs is 3. The van der Waals surface area contributed by atoms with Gasteiger partial charge in [-0.05, 0) is 17.4 Å². The third-order valence-electron chi connectivity index (χ3n) is 8.12. The topological polar surface area (TPSA) is 0 Å². The van der Waals surface area contributed by atoms with Crippen LogP contribution in [0.25, 0.3) is 11.1 Å². The van der Waals surface area contributed by atoms with Crippen molar-refractivity contribution in [3.8, 4) is 11.1 Å². The van der Waals surface area contributed by atoms with E-state index in [1.54, 1.807) is 0 Å². The Morgan fingerprint density at radius 2 is 1.32 bits per heavy atom. The fourth-order valence-electron chi connectivity index (χ4n) is 5.35. The van der Waals surface area contributed by atoms with Gasteiger partial charge in [0.25, 0.3) is 0 Å². The zero-order valence-corrected chi connectivity index (χ0v) is 32.9. The van der Waals surface area contributed by atoms with Crippen molar-refractivity contribution in [2.24, 2.45) is 0 Å². The van der Waals surface area contributed by atoms with Crippen molar-refractivity contribution in [2.75, 3.05) is 0 Å². The minimum absolute atomic E-state index is 0. The Morgan fingerprint density at radius 3 is 1.77 bits per heavy atom. The molecule has 0 heterocycles. The van der Waals surface area contributed by atoms with Gasteiger partial charge in [0.05, 0.1) is 0 Å². The van der Waals surface area contributed by atoms with Gasteiger partial charge in [0.15, 0.2) is 0 Å². The molecule has 0 saturated carbocycles. The Morgan fingerprint density at radius 1 is 0.727 bits per heavy atom. The number of hydrogen-bond donors (Lipinski definition) is 0. The molecule has 1 aliphatic rings. The number of hydrogen-bond acceptors (Lipinski definition) is 0. The number of halogens is 2. The summed E-state index contributed by atoms with van der Waals surface area (Å²) >= 11 is 1.46. The first-order chi connectivity index (χ1) is 19.6. The van der Waals surface area contributed by atoms with Crippen molar-refractivity contribution in [2.45, 2.75) is 112 Å². The molecule has 0 bridgehead atoms. The van der Waals surface area contributed by atoms with Crippen LogP contribution in [0.4, 0.5) is 0 Å². The van der Waals surface area contributed by atoms with E-state index in [0.29, 0.717) is 5.41 Å². The SMILES string of the molecule is CC(C)(C)c1c[c-]c2c(c1)-c1cc(C(C)(C)C)ccc1C2.CCc1cc(C(C)(C)C)c(CC)[cH-]1.[Cl-].[Cl-].[Zr+2]=[CH]c1ccccc1. The molecule has 4 aromatic carbocycles. The third kappa shape index (κ3) is 10.7. The number of aryl methyl sites for hydroxylation is 2. The second kappa shape index (κ2) is 16.8. The molecule has 0 N–H and O–H groups in total. The second-order valence-electron chi connectivity index (χ2n) is 14.6. The first-order valence-electron chi connectivity index (χ1n) is 15.6. The maximum atomic E-state index is 3.53. The first-order valence-corrected chi connectivity index (χ1v) is 17.0. The Kier molecular flexibility index (Phi) is 15.4. The molecular formula is C41H52Cl2Zr-2. The van der Waals surface area contributed by atoms with Gasteiger partial charge >= 0.3 is 63.8 Å². The maximum absolute atomic E-state index is 3.53. The summed E-state index contributed by atoms with van der Waals surface area (Å²) < 4.78 is 2.17. The van der Waals surface area contributed by atoms with E-state index in [0.717, 1.165) is 19.3 Å². The summed E-state index contributed by atoms with van der Waals surface area (Å²) in [6.07, 6.45) is 3.34. The minimum atomic E-state index is 0. The average molecular weight is 707 g/mol. The van der Waals surface area contributed by atoms with Crippen LogP contribution >= 0.6 is 0 Å². The van der Waals surface area contributed by atoms with Crippen LogP contribution < -0.4 is 24.8 Å². The Hall–Kier alpha value is -1.66. The van der Waals surface area contributed by atoms with E-state index in [1.807, 2.05) is 6.07 Å². The van der Waals surface area contributed by atoms with Crippen molar-refractivity contribution < 1.29 is 49.0 Å². The summed E-state index contributed by atoms with van der Waals surface area (Å²) in [5.41, 5.74) is 14.9. The quantitative estimate of drug-likeness (QED) is 0.235. The van der Waals surface area contributed by atoms with Crippen LogP contribution in [0.2, 0.25) is 0 Å². The molecule has 5 rings (SSSR count). The van der Waals surface area contributed by atoms with Crippen LogP contribution in [-0.2, 0) is 59.7 Å². The summed E-state index contributed by atoms with van der Waals surface area (Å²) in [6, 6.07) is 30.1. The number of benzene rings is 3. The molecule has 0 atom stereocenters. The van der Waals surface area contributed by atoms with Crippen molar-refractivity contribution >= 4 is 3.71 Å². The molecule has 0 nitrogen and oxygen atoms in total. The van der Waals surface area contributed by atoms with E-state index in [1.165, 1.54) is 79.9 Å². The summed E-state index contributed by atoms with van der Waals surface area (Å²) in [5.74, 6) is 0. The van der Waals surface area contributed by atoms with Crippen LogP contribution in [0.1, 0.15) is 121 Å². The average Bonchev–Trinajstić information content (AvgIpc) is 3.54. The van der Waals surface area contributed by atoms with Crippen LogP contribution in [0, 0.1) is 6.07 Å². The number of rotatable bonds is 3. The molecule has 0 fully saturated rings. The molecule has 236 valence electrons. The van der Waals surface area contributed by atoms with Crippen molar-refractivity contribution in [3.05, 3.63) is 123 Å². The van der Waals surface area contributed by atoms with Gasteiger partial charge in [0, 0.05) is 0 Å². The van der Waals surface area contributed by atoms with E-state index in [2.05, 4.69) is 153 Å². The normalized spacial score (nSPS) is 11.8. The summed E-state index contributed by atoms with van der Waals surface area (Å²) in [7, 11) is 0. The molecule has 4 aromatic rings. The molecule has 0 amide bonds. The van der Waals surface area contributed by atoms with Gasteiger partial charge in [-0.25, -0.2) is 6.07 Å². The summed E-state index contributed by atoms with van der Waals surface area (Å²) in [4.78, 5) is 0. The molecule has 44 heavy (non-hydrogen) atoms. The van der Waals surface area contributed by atoms with Gasteiger partial charge in [-0.3, -0.25) is 0 Å². The Bertz CT molecular complexity index is 1410. The fourth-order valence-corrected chi connectivity index (χ4v) is 5.82. The van der Waals surface area contributed by atoms with E-state index >= 15 is 0 Å². The van der Waals surface area contributed by atoms with Crippen LogP contribution in [0.15, 0.2) is 72.8 Å². The van der Waals surface area contributed by atoms with E-state index in [9.17, 15) is 0 Å². The van der Waals surface area contributed by atoms with E-state index < -0.39 is 0 Å². The van der Waals surface area contributed by atoms with Crippen molar-refractivity contribution in [1.82, 2.24) is 0 Å². The van der Waals surface area contributed by atoms with Gasteiger partial charge in [-0.1, -0.05) is 129 Å². The zero-order valence-electron chi connectivity index (χ0n) is 28.9. The molecule has 0 unspecified atom stereocenters. The first kappa shape index (κ1) is 40.4. The monoisotopic (exact) mass is 704 g/mol. The Balaban J connectivity index is 0.000000361. The summed E-state index contributed by atoms with van der Waals surface area (Å²) in [5, 5.41) is 0. The molecular weight excluding hydrogens is 655 g/mol. The van der Waals surface area contributed by atoms with Gasteiger partial charge in [-0.15, -0.1) is 5.56 Å². The zero-order chi connectivity index (χ0) is 31.3. The Labute approximate surface area is 297 Å². The van der Waals surface area contributed by atoms with Crippen LogP contribution in [0.5, 0.6) is 0 Å². The van der Waals surface area contributed by atoms with E-state index in [-0.39, 0.29) is 35.6 Å². The van der Waals surface area contributed by atoms with Gasteiger partial charge in [0.1, 0.15) is 0 Å². The molecule has 0 aliphatic heterocycles. The van der Waals surface area contributed by atoms with Crippen molar-refractivity contribution in [1.29, 1.82) is 0 Å². The summed E-state index contributed by atoms with van der Waals surface area (Å²) in [6.45, 7) is 25.0. The molecule has 0 aromatic heterocycles. The van der Waals surface area contributed by atoms with Gasteiger partial charge in [0.2, 0.25) is 0 Å². The van der Waals surface area contributed by atoms with Gasteiger partial charge < -0.3 is 24.8 Å². The molecule has 0 radical (unpaired) electrons. The molecule has 1 aliphatic carbocycles. The van der Waals surface area contributed by atoms with Crippen molar-refractivity contribution in [3.63, 3.8) is 0 Å². The van der Waals surface area contributed by atoms with Gasteiger partial charge in [-0.2, -0.15) is 52.1 Å². The van der Waals surface area contributed by atoms with Crippen LogP contribution in [0.3, 0.4) is 0 Å². The van der Waals surface area contributed by atoms with Crippen LogP contribution in [-0.4, -0.2) is 3.71 Å². The third-order valence-corrected chi connectivity index (χ3v) is 8.94. The fraction of sp³-hybridized carbons (Fsp3) is 0.415. The molecule has 3 heteroatoms. The predicted molar refractivity (Wildman–Crippen MR) is 182 cm³/mol. The van der Waals surface area contributed by atoms with E-state index in [4.69, 9.17) is 0 Å². The second-order valence-corrected chi connectivity index (χ2v) is 15.4. The predicted octanol–water partition coefficient (Wildman–Crippen LogP) is 4.87. The standard InChI is InChI=1S/C21H25.C13H21.C7H6.2ClH.Zr/c1-20(2,3)16-9-7-14-11-15-8-10-17(21(4,5)6)13-19(15)18(14)12-16;1-6-10-8-11(7-2)12(9-10)13(3,4)5;1-7-5-3-2-4-6-7;;;/h7,9-10,12-13H,11H2,1-6H3;8-9H,6-7H2,1-5H3;1-6H;2*1H;/q2*-1;;;;+2/p-2.